The molecule has 17 fully saturated rings. The van der Waals surface area contributed by atoms with Gasteiger partial charge in [-0.2, -0.15) is 0 Å². The Bertz CT molecular complexity index is 2120. The van der Waals surface area contributed by atoms with Gasteiger partial charge in [-0.25, -0.2) is 0 Å². The first-order chi connectivity index (χ1) is 43.2. The molecule has 0 saturated heterocycles. The minimum Gasteiger partial charge on any atom is -0.0651 e. The third-order valence-electron chi connectivity index (χ3n) is 35.4. The van der Waals surface area contributed by atoms with Crippen LogP contribution in [0.5, 0.6) is 0 Å². The topological polar surface area (TPSA) is 0 Å². The Morgan fingerprint density at radius 1 is 0.362 bits per heavy atom. The molecule has 17 aliphatic carbocycles. The molecule has 0 aromatic heterocycles. The maximum absolute atomic E-state index is 2.49. The predicted octanol–water partition coefficient (Wildman–Crippen LogP) is 31.1. The third kappa shape index (κ3) is 20.0. The van der Waals surface area contributed by atoms with Crippen molar-refractivity contribution in [3.05, 3.63) is 0 Å². The van der Waals surface area contributed by atoms with Crippen molar-refractivity contribution < 1.29 is 0 Å². The Morgan fingerprint density at radius 2 is 0.787 bits per heavy atom. The van der Waals surface area contributed by atoms with Gasteiger partial charge in [0.2, 0.25) is 0 Å². The van der Waals surface area contributed by atoms with Crippen LogP contribution in [0.1, 0.15) is 427 Å². The van der Waals surface area contributed by atoms with Crippen LogP contribution in [-0.4, -0.2) is 0 Å². The summed E-state index contributed by atoms with van der Waals surface area (Å²) in [6, 6.07) is 0. The van der Waals surface area contributed by atoms with Crippen molar-refractivity contribution in [1.29, 1.82) is 0 Å². The Morgan fingerprint density at radius 3 is 1.01 bits per heavy atom. The van der Waals surface area contributed by atoms with Gasteiger partial charge in [-0.1, -0.05) is 260 Å². The summed E-state index contributed by atoms with van der Waals surface area (Å²) in [7, 11) is 0. The SMILES string of the molecule is CC(C)C1C(C)(C)CCC1(C)C.CC1C2CCC(CC2)[C@H]1C.CCC1(C)CC(C)(C)C(C)(C)C1.CCC1C(C)(C)CCC1(C)C.CCC1CC(C)(C)C(C)(C)C1.CCC1CC2CCC1C2.C[C@@H]1C2CCC(C2)C1(C)C.C[C@H]1CC2CCC1(C)CC2.C[C@H]1CC2CCC1CC2. The summed E-state index contributed by atoms with van der Waals surface area (Å²) < 4.78 is 0. The van der Waals surface area contributed by atoms with Gasteiger partial charge >= 0.3 is 0 Å². The lowest BCUT2D eigenvalue weighted by Crippen LogP contribution is -2.38. The highest BCUT2D eigenvalue weighted by Gasteiger charge is 2.53. The molecular formula is C94H178. The lowest BCUT2D eigenvalue weighted by Gasteiger charge is -2.49. The van der Waals surface area contributed by atoms with E-state index in [0.717, 1.165) is 118 Å². The largest absolute Gasteiger partial charge is 0.0651 e. The molecule has 0 aromatic rings. The van der Waals surface area contributed by atoms with Gasteiger partial charge in [0.15, 0.2) is 0 Å². The molecule has 0 spiro atoms. The van der Waals surface area contributed by atoms with Gasteiger partial charge in [-0.3, -0.25) is 0 Å². The third-order valence-corrected chi connectivity index (χ3v) is 35.4. The average Bonchev–Trinajstić information content (AvgIpc) is 1.45. The number of fused-ring (bicyclic) bond motifs is 13. The minimum atomic E-state index is 0.526. The van der Waals surface area contributed by atoms with Crippen LogP contribution in [0.3, 0.4) is 0 Å². The molecule has 0 amide bonds. The second kappa shape index (κ2) is 32.3. The van der Waals surface area contributed by atoms with Crippen LogP contribution in [0.25, 0.3) is 0 Å². The van der Waals surface area contributed by atoms with E-state index in [-0.39, 0.29) is 0 Å². The zero-order valence-corrected chi connectivity index (χ0v) is 70.8. The maximum atomic E-state index is 2.49. The van der Waals surface area contributed by atoms with Crippen LogP contribution in [-0.2, 0) is 0 Å². The highest BCUT2D eigenvalue weighted by atomic mass is 14.6. The van der Waals surface area contributed by atoms with Gasteiger partial charge in [-0.15, -0.1) is 0 Å². The quantitative estimate of drug-likeness (QED) is 0.257. The molecular weight excluding hydrogens is 1130 g/mol. The predicted molar refractivity (Wildman–Crippen MR) is 421 cm³/mol. The van der Waals surface area contributed by atoms with Crippen LogP contribution in [0.15, 0.2) is 0 Å². The molecule has 6 unspecified atom stereocenters. The van der Waals surface area contributed by atoms with Crippen molar-refractivity contribution in [2.45, 2.75) is 427 Å². The van der Waals surface area contributed by atoms with E-state index >= 15 is 0 Å². The minimum absolute atomic E-state index is 0.526. The molecule has 0 aliphatic heterocycles. The molecule has 0 heteroatoms. The highest BCUT2D eigenvalue weighted by molar-refractivity contribution is 5.03. The summed E-state index contributed by atoms with van der Waals surface area (Å²) in [5.41, 5.74) is 6.52. The first kappa shape index (κ1) is 83.0. The van der Waals surface area contributed by atoms with Gasteiger partial charge < -0.3 is 0 Å². The maximum Gasteiger partial charge on any atom is -0.0288 e. The molecule has 0 aromatic carbocycles. The second-order valence-corrected chi connectivity index (χ2v) is 45.2. The van der Waals surface area contributed by atoms with Crippen molar-refractivity contribution in [3.63, 3.8) is 0 Å². The number of hydrogen-bond donors (Lipinski definition) is 0. The van der Waals surface area contributed by atoms with E-state index in [9.17, 15) is 0 Å². The van der Waals surface area contributed by atoms with Gasteiger partial charge in [0.1, 0.15) is 0 Å². The van der Waals surface area contributed by atoms with Crippen LogP contribution < -0.4 is 0 Å². The van der Waals surface area contributed by atoms with Crippen molar-refractivity contribution >= 4 is 0 Å². The van der Waals surface area contributed by atoms with E-state index in [1.54, 1.807) is 57.8 Å². The van der Waals surface area contributed by atoms with E-state index in [1.807, 2.05) is 0 Å². The number of hydrogen-bond acceptors (Lipinski definition) is 0. The molecule has 0 N–H and O–H groups in total. The van der Waals surface area contributed by atoms with E-state index in [2.05, 4.69) is 215 Å². The molecule has 0 nitrogen and oxygen atoms in total. The molecule has 17 aliphatic rings. The van der Waals surface area contributed by atoms with E-state index in [0.29, 0.717) is 54.1 Å². The lowest BCUT2D eigenvalue weighted by molar-refractivity contribution is 0.0209. The smallest absolute Gasteiger partial charge is 0.0288 e. The summed E-state index contributed by atoms with van der Waals surface area (Å²) in [5, 5.41) is 0. The molecule has 0 heterocycles. The summed E-state index contributed by atoms with van der Waals surface area (Å²) >= 11 is 0. The summed E-state index contributed by atoms with van der Waals surface area (Å²) in [6.45, 7) is 75.0. The van der Waals surface area contributed by atoms with E-state index in [1.165, 1.54) is 154 Å². The Hall–Kier alpha value is 0. The first-order valence-electron chi connectivity index (χ1n) is 43.2. The normalized spacial score (nSPS) is 40.4. The van der Waals surface area contributed by atoms with Crippen LogP contribution in [0, 0.1) is 172 Å². The van der Waals surface area contributed by atoms with Crippen LogP contribution in [0.2, 0.25) is 0 Å². The van der Waals surface area contributed by atoms with Gasteiger partial charge in [0.25, 0.3) is 0 Å². The Kier molecular flexibility index (Phi) is 28.5. The molecule has 554 valence electrons. The fraction of sp³-hybridized carbons (Fsp3) is 1.00. The molecule has 17 rings (SSSR count). The first-order valence-corrected chi connectivity index (χ1v) is 43.2. The molecule has 10 bridgehead atoms. The highest BCUT2D eigenvalue weighted by Crippen LogP contribution is 2.63. The monoisotopic (exact) mass is 1310 g/mol. The summed E-state index contributed by atoms with van der Waals surface area (Å²) in [5.74, 6) is 19.9. The molecule has 94 heavy (non-hydrogen) atoms. The van der Waals surface area contributed by atoms with E-state index in [4.69, 9.17) is 0 Å². The Labute approximate surface area is 595 Å². The fourth-order valence-electron chi connectivity index (χ4n) is 26.9. The van der Waals surface area contributed by atoms with Crippen LogP contribution in [0.4, 0.5) is 0 Å². The van der Waals surface area contributed by atoms with Crippen molar-refractivity contribution in [3.8, 4) is 0 Å². The van der Waals surface area contributed by atoms with Crippen LogP contribution >= 0.6 is 0 Å². The standard InChI is InChI=1S/2C12H24.2C11H22.3C10H18.2C9H16/c1-9(2)10-11(3,4)7-8-12(10,5)6;1-7-12(6)8-10(2,3)11(4,5)9-12;1-6-9-7-10(2,3)11(4,5)8-9;1-6-9-10(2,3)7-8-11(9,4)5;1-7-8-4-5-9(6-8)10(7,2)3;1-8-7-9-3-5-10(8,2)6-4-9;1-7-8(2)10-5-3-9(7)4-6-10;1-7-6-8-2-4-9(7)5-3-8;1-2-8-5-7-3-4-9(8)6-7/h9-10H,7-8H2,1-6H3;7-9H2,1-6H3;2*9H,6-8H2,1-5H3;7-9H,4-6H2,1-3H3;8-9H,3-7H2,1-2H3;7-10H,3-6H2,1-2H3;2*7-9H,2-6H2,1H3/t;;;;7-,8?,9?;8-,9?,10?;7-,8?,9?,10?;7-,8?,9?;/m....1000./s1. The molecule has 17 saturated carbocycles. The fourth-order valence-corrected chi connectivity index (χ4v) is 26.9. The summed E-state index contributed by atoms with van der Waals surface area (Å²) in [4.78, 5) is 0. The van der Waals surface area contributed by atoms with Crippen molar-refractivity contribution in [2.24, 2.45) is 172 Å². The average molecular weight is 1310 g/mol. The molecule has 0 radical (unpaired) electrons. The van der Waals surface area contributed by atoms with Crippen molar-refractivity contribution in [1.82, 2.24) is 0 Å². The second-order valence-electron chi connectivity index (χ2n) is 45.2. The molecule has 10 atom stereocenters. The zero-order valence-electron chi connectivity index (χ0n) is 70.8. The number of rotatable bonds is 5. The van der Waals surface area contributed by atoms with Gasteiger partial charge in [-0.05, 0) is 339 Å². The van der Waals surface area contributed by atoms with Gasteiger partial charge in [0.05, 0.1) is 0 Å². The van der Waals surface area contributed by atoms with Gasteiger partial charge in [0, 0.05) is 0 Å². The zero-order chi connectivity index (χ0) is 70.8. The van der Waals surface area contributed by atoms with Crippen molar-refractivity contribution in [2.75, 3.05) is 0 Å². The Balaban J connectivity index is 0.000000168. The lowest BCUT2D eigenvalue weighted by atomic mass is 9.57. The van der Waals surface area contributed by atoms with E-state index < -0.39 is 0 Å². The summed E-state index contributed by atoms with van der Waals surface area (Å²) in [6.07, 6.45) is 49.1.